The van der Waals surface area contributed by atoms with Crippen LogP contribution in [0.3, 0.4) is 0 Å². The molecule has 14 heavy (non-hydrogen) atoms. The molecule has 0 spiro atoms. The summed E-state index contributed by atoms with van der Waals surface area (Å²) < 4.78 is 0. The summed E-state index contributed by atoms with van der Waals surface area (Å²) in [6.07, 6.45) is 6.23. The number of nitrogens with zero attached hydrogens (tertiary/aromatic N) is 1. The Bertz CT molecular complexity index is 304. The van der Waals surface area contributed by atoms with E-state index >= 15 is 0 Å². The number of pyridine rings is 1. The summed E-state index contributed by atoms with van der Waals surface area (Å²) in [5.74, 6) is 0.192. The molecule has 1 N–H and O–H groups in total. The number of hydrogen-bond donors (Lipinski definition) is 1. The fourth-order valence-corrected chi connectivity index (χ4v) is 1.80. The summed E-state index contributed by atoms with van der Waals surface area (Å²) in [7, 11) is 0. The molecular weight excluding hydrogens is 176 g/mol. The maximum atomic E-state index is 11.7. The summed E-state index contributed by atoms with van der Waals surface area (Å²) >= 11 is 0. The van der Waals surface area contributed by atoms with Gasteiger partial charge >= 0.3 is 0 Å². The second-order valence-electron chi connectivity index (χ2n) is 3.66. The van der Waals surface area contributed by atoms with Crippen molar-refractivity contribution in [1.82, 2.24) is 10.3 Å². The third kappa shape index (κ3) is 2.17. The normalized spacial score (nSPS) is 21.0. The van der Waals surface area contributed by atoms with Crippen molar-refractivity contribution >= 4 is 5.78 Å². The second kappa shape index (κ2) is 4.33. The van der Waals surface area contributed by atoms with E-state index in [4.69, 9.17) is 0 Å². The monoisotopic (exact) mass is 190 g/mol. The first kappa shape index (κ1) is 9.34. The molecule has 1 atom stereocenters. The molecule has 0 bridgehead atoms. The molecule has 0 aliphatic carbocycles. The van der Waals surface area contributed by atoms with Gasteiger partial charge in [0.15, 0.2) is 5.78 Å². The van der Waals surface area contributed by atoms with E-state index < -0.39 is 0 Å². The van der Waals surface area contributed by atoms with Gasteiger partial charge in [0.25, 0.3) is 0 Å². The molecule has 0 radical (unpaired) electrons. The molecule has 3 nitrogen and oxygen atoms in total. The van der Waals surface area contributed by atoms with Gasteiger partial charge in [-0.2, -0.15) is 0 Å². The van der Waals surface area contributed by atoms with Gasteiger partial charge in [-0.25, -0.2) is 0 Å². The minimum atomic E-state index is 0.192. The average molecular weight is 190 g/mol. The number of nitrogens with one attached hydrogen (secondary N) is 1. The lowest BCUT2D eigenvalue weighted by Gasteiger charge is -2.08. The van der Waals surface area contributed by atoms with Gasteiger partial charge in [0.1, 0.15) is 0 Å². The van der Waals surface area contributed by atoms with E-state index in [1.807, 2.05) is 6.07 Å². The molecule has 1 aliphatic heterocycles. The topological polar surface area (TPSA) is 42.0 Å². The van der Waals surface area contributed by atoms with Crippen LogP contribution in [-0.4, -0.2) is 23.4 Å². The molecule has 0 aromatic carbocycles. The van der Waals surface area contributed by atoms with Crippen LogP contribution in [0, 0.1) is 0 Å². The summed E-state index contributed by atoms with van der Waals surface area (Å²) in [5, 5.41) is 3.32. The van der Waals surface area contributed by atoms with E-state index in [9.17, 15) is 4.79 Å². The van der Waals surface area contributed by atoms with Gasteiger partial charge in [0, 0.05) is 30.4 Å². The van der Waals surface area contributed by atoms with Crippen LogP contribution in [0.25, 0.3) is 0 Å². The molecule has 0 amide bonds. The fourth-order valence-electron chi connectivity index (χ4n) is 1.80. The molecule has 1 aliphatic rings. The highest BCUT2D eigenvalue weighted by molar-refractivity contribution is 5.96. The van der Waals surface area contributed by atoms with E-state index in [-0.39, 0.29) is 5.78 Å². The van der Waals surface area contributed by atoms with Crippen molar-refractivity contribution in [1.29, 1.82) is 0 Å². The summed E-state index contributed by atoms with van der Waals surface area (Å²) in [6.45, 7) is 1.05. The Hall–Kier alpha value is -1.22. The third-order valence-corrected chi connectivity index (χ3v) is 2.58. The zero-order chi connectivity index (χ0) is 9.80. The molecule has 3 heteroatoms. The number of hydrogen-bond acceptors (Lipinski definition) is 3. The highest BCUT2D eigenvalue weighted by Crippen LogP contribution is 2.12. The van der Waals surface area contributed by atoms with Crippen molar-refractivity contribution in [3.05, 3.63) is 30.1 Å². The Balaban J connectivity index is 1.95. The van der Waals surface area contributed by atoms with Crippen molar-refractivity contribution in [3.63, 3.8) is 0 Å². The third-order valence-electron chi connectivity index (χ3n) is 2.58. The van der Waals surface area contributed by atoms with Crippen LogP contribution >= 0.6 is 0 Å². The van der Waals surface area contributed by atoms with Gasteiger partial charge < -0.3 is 5.32 Å². The van der Waals surface area contributed by atoms with Gasteiger partial charge in [-0.3, -0.25) is 9.78 Å². The van der Waals surface area contributed by atoms with Crippen LogP contribution in [0.5, 0.6) is 0 Å². The standard InChI is InChI=1S/C11H14N2O/c14-11(7-10-4-2-6-13-10)9-3-1-5-12-8-9/h1,3,5,8,10,13H,2,4,6-7H2. The van der Waals surface area contributed by atoms with Crippen molar-refractivity contribution in [2.24, 2.45) is 0 Å². The summed E-state index contributed by atoms with van der Waals surface area (Å²) in [5.41, 5.74) is 0.723. The van der Waals surface area contributed by atoms with E-state index in [0.717, 1.165) is 18.5 Å². The number of aromatic nitrogens is 1. The molecule has 0 saturated carbocycles. The zero-order valence-corrected chi connectivity index (χ0v) is 8.07. The molecule has 2 rings (SSSR count). The largest absolute Gasteiger partial charge is 0.314 e. The minimum absolute atomic E-state index is 0.192. The fraction of sp³-hybridized carbons (Fsp3) is 0.455. The van der Waals surface area contributed by atoms with Crippen LogP contribution in [-0.2, 0) is 0 Å². The van der Waals surface area contributed by atoms with E-state index in [1.165, 1.54) is 6.42 Å². The van der Waals surface area contributed by atoms with Crippen LogP contribution < -0.4 is 5.32 Å². The molecule has 1 fully saturated rings. The van der Waals surface area contributed by atoms with Crippen LogP contribution in [0.2, 0.25) is 0 Å². The van der Waals surface area contributed by atoms with Crippen molar-refractivity contribution in [3.8, 4) is 0 Å². The Kier molecular flexibility index (Phi) is 2.89. The highest BCUT2D eigenvalue weighted by Gasteiger charge is 2.18. The first-order valence-electron chi connectivity index (χ1n) is 5.03. The average Bonchev–Trinajstić information content (AvgIpc) is 2.72. The summed E-state index contributed by atoms with van der Waals surface area (Å²) in [4.78, 5) is 15.7. The van der Waals surface area contributed by atoms with Gasteiger partial charge in [-0.05, 0) is 31.5 Å². The molecule has 2 heterocycles. The number of Topliss-reactive ketones (excluding diaryl/α,β-unsaturated/α-hetero) is 1. The van der Waals surface area contributed by atoms with Gasteiger partial charge in [-0.15, -0.1) is 0 Å². The van der Waals surface area contributed by atoms with Crippen LogP contribution in [0.4, 0.5) is 0 Å². The molecule has 1 aromatic rings. The predicted molar refractivity (Wildman–Crippen MR) is 54.2 cm³/mol. The Morgan fingerprint density at radius 3 is 3.21 bits per heavy atom. The quantitative estimate of drug-likeness (QED) is 0.733. The van der Waals surface area contributed by atoms with Gasteiger partial charge in [0.2, 0.25) is 0 Å². The minimum Gasteiger partial charge on any atom is -0.314 e. The number of carbonyl (C=O) groups is 1. The van der Waals surface area contributed by atoms with E-state index in [2.05, 4.69) is 10.3 Å². The highest BCUT2D eigenvalue weighted by atomic mass is 16.1. The SMILES string of the molecule is O=C(CC1CCCN1)c1cccnc1. The molecule has 1 saturated heterocycles. The first-order chi connectivity index (χ1) is 6.86. The van der Waals surface area contributed by atoms with Crippen molar-refractivity contribution in [2.45, 2.75) is 25.3 Å². The second-order valence-corrected chi connectivity index (χ2v) is 3.66. The van der Waals surface area contributed by atoms with Crippen LogP contribution in [0.15, 0.2) is 24.5 Å². The maximum absolute atomic E-state index is 11.7. The van der Waals surface area contributed by atoms with Crippen molar-refractivity contribution in [2.75, 3.05) is 6.54 Å². The van der Waals surface area contributed by atoms with Crippen molar-refractivity contribution < 1.29 is 4.79 Å². The molecular formula is C11H14N2O. The Morgan fingerprint density at radius 2 is 2.57 bits per heavy atom. The Labute approximate surface area is 83.5 Å². The van der Waals surface area contributed by atoms with Crippen LogP contribution in [0.1, 0.15) is 29.6 Å². The maximum Gasteiger partial charge on any atom is 0.165 e. The van der Waals surface area contributed by atoms with E-state index in [1.54, 1.807) is 18.5 Å². The molecule has 74 valence electrons. The first-order valence-corrected chi connectivity index (χ1v) is 5.03. The predicted octanol–water partition coefficient (Wildman–Crippen LogP) is 1.41. The molecule has 1 unspecified atom stereocenters. The number of carbonyl (C=O) groups excluding carboxylic acids is 1. The molecule has 1 aromatic heterocycles. The number of rotatable bonds is 3. The summed E-state index contributed by atoms with van der Waals surface area (Å²) in [6, 6.07) is 4.00. The smallest absolute Gasteiger partial charge is 0.165 e. The number of ketones is 1. The lowest BCUT2D eigenvalue weighted by molar-refractivity contribution is 0.0971. The van der Waals surface area contributed by atoms with Gasteiger partial charge in [-0.1, -0.05) is 0 Å². The van der Waals surface area contributed by atoms with Gasteiger partial charge in [0.05, 0.1) is 0 Å². The zero-order valence-electron chi connectivity index (χ0n) is 8.07. The lowest BCUT2D eigenvalue weighted by atomic mass is 10.0. The van der Waals surface area contributed by atoms with E-state index in [0.29, 0.717) is 12.5 Å². The lowest BCUT2D eigenvalue weighted by Crippen LogP contribution is -2.24. The Morgan fingerprint density at radius 1 is 1.64 bits per heavy atom.